The Hall–Kier alpha value is 0.140. The van der Waals surface area contributed by atoms with E-state index in [4.69, 9.17) is 0 Å². The van der Waals surface area contributed by atoms with E-state index in [0.29, 0.717) is 0 Å². The zero-order valence-electron chi connectivity index (χ0n) is 9.61. The average Bonchev–Trinajstić information content (AvgIpc) is 2.51. The number of halogens is 1. The highest BCUT2D eigenvalue weighted by Crippen LogP contribution is 2.27. The van der Waals surface area contributed by atoms with Crippen LogP contribution in [0.4, 0.5) is 0 Å². The molecule has 0 amide bonds. The van der Waals surface area contributed by atoms with Gasteiger partial charge in [-0.1, -0.05) is 12.8 Å². The fourth-order valence-electron chi connectivity index (χ4n) is 1.70. The highest BCUT2D eigenvalue weighted by Gasteiger charge is 2.02. The van der Waals surface area contributed by atoms with Gasteiger partial charge in [-0.2, -0.15) is 0 Å². The number of thiophene rings is 1. The Labute approximate surface area is 105 Å². The molecule has 1 heterocycles. The fourth-order valence-corrected chi connectivity index (χ4v) is 3.49. The quantitative estimate of drug-likeness (QED) is 0.744. The van der Waals surface area contributed by atoms with Crippen LogP contribution in [0.1, 0.15) is 36.1 Å². The summed E-state index contributed by atoms with van der Waals surface area (Å²) in [5, 5.41) is 3.18. The third-order valence-electron chi connectivity index (χ3n) is 2.61. The first-order valence-corrected chi connectivity index (χ1v) is 7.24. The molecule has 0 aliphatic rings. The lowest BCUT2D eigenvalue weighted by Crippen LogP contribution is -2.06. The summed E-state index contributed by atoms with van der Waals surface area (Å²) in [4.78, 5) is 1.47. The Balaban J connectivity index is 2.12. The molecular weight excluding hydrogens is 270 g/mol. The molecule has 1 rings (SSSR count). The predicted octanol–water partition coefficient (Wildman–Crippen LogP) is 4.14. The molecule has 1 N–H and O–H groups in total. The molecule has 1 nitrogen and oxygen atoms in total. The van der Waals surface area contributed by atoms with Gasteiger partial charge < -0.3 is 5.32 Å². The van der Waals surface area contributed by atoms with Gasteiger partial charge in [0.05, 0.1) is 3.79 Å². The van der Waals surface area contributed by atoms with Crippen LogP contribution in [0, 0.1) is 6.92 Å². The van der Waals surface area contributed by atoms with Crippen molar-refractivity contribution in [3.05, 3.63) is 20.3 Å². The Morgan fingerprint density at radius 2 is 2.00 bits per heavy atom. The molecule has 0 saturated heterocycles. The summed E-state index contributed by atoms with van der Waals surface area (Å²) in [7, 11) is 2.02. The van der Waals surface area contributed by atoms with Gasteiger partial charge >= 0.3 is 0 Å². The minimum Gasteiger partial charge on any atom is -0.320 e. The van der Waals surface area contributed by atoms with Gasteiger partial charge in [-0.3, -0.25) is 0 Å². The van der Waals surface area contributed by atoms with Gasteiger partial charge in [0.2, 0.25) is 0 Å². The minimum atomic E-state index is 1.16. The van der Waals surface area contributed by atoms with Crippen molar-refractivity contribution in [1.82, 2.24) is 5.32 Å². The molecule has 3 heteroatoms. The van der Waals surface area contributed by atoms with Crippen molar-refractivity contribution in [2.45, 2.75) is 39.0 Å². The molecule has 0 aliphatic carbocycles. The number of unbranched alkanes of at least 4 members (excludes halogenated alkanes) is 3. The topological polar surface area (TPSA) is 12.0 Å². The van der Waals surface area contributed by atoms with E-state index in [9.17, 15) is 0 Å². The van der Waals surface area contributed by atoms with Gasteiger partial charge in [-0.25, -0.2) is 0 Å². The number of rotatable bonds is 7. The van der Waals surface area contributed by atoms with Crippen LogP contribution in [0.2, 0.25) is 0 Å². The zero-order chi connectivity index (χ0) is 11.1. The third kappa shape index (κ3) is 5.14. The number of nitrogens with one attached hydrogen (secondary N) is 1. The second-order valence-electron chi connectivity index (χ2n) is 3.90. The van der Waals surface area contributed by atoms with Crippen LogP contribution in [0.3, 0.4) is 0 Å². The maximum atomic E-state index is 3.54. The molecule has 0 bridgehead atoms. The average molecular weight is 290 g/mol. The van der Waals surface area contributed by atoms with Crippen molar-refractivity contribution in [3.63, 3.8) is 0 Å². The maximum absolute atomic E-state index is 3.54. The van der Waals surface area contributed by atoms with Gasteiger partial charge in [0.15, 0.2) is 0 Å². The van der Waals surface area contributed by atoms with Gasteiger partial charge in [0, 0.05) is 4.88 Å². The van der Waals surface area contributed by atoms with E-state index in [2.05, 4.69) is 34.2 Å². The molecule has 0 aliphatic heterocycles. The predicted molar refractivity (Wildman–Crippen MR) is 72.9 cm³/mol. The number of hydrogen-bond acceptors (Lipinski definition) is 2. The second-order valence-corrected chi connectivity index (χ2v) is 6.54. The van der Waals surface area contributed by atoms with Crippen molar-refractivity contribution in [3.8, 4) is 0 Å². The highest BCUT2D eigenvalue weighted by atomic mass is 79.9. The van der Waals surface area contributed by atoms with Crippen molar-refractivity contribution >= 4 is 27.3 Å². The van der Waals surface area contributed by atoms with E-state index in [0.717, 1.165) is 6.54 Å². The molecule has 15 heavy (non-hydrogen) atoms. The Morgan fingerprint density at radius 1 is 1.27 bits per heavy atom. The Kier molecular flexibility index (Phi) is 6.53. The van der Waals surface area contributed by atoms with Gasteiger partial charge in [0.1, 0.15) is 0 Å². The van der Waals surface area contributed by atoms with Crippen molar-refractivity contribution < 1.29 is 0 Å². The van der Waals surface area contributed by atoms with E-state index in [-0.39, 0.29) is 0 Å². The largest absolute Gasteiger partial charge is 0.320 e. The first kappa shape index (κ1) is 13.2. The molecule has 0 radical (unpaired) electrons. The van der Waals surface area contributed by atoms with E-state index < -0.39 is 0 Å². The van der Waals surface area contributed by atoms with Crippen LogP contribution in [-0.2, 0) is 6.42 Å². The molecule has 0 fully saturated rings. The van der Waals surface area contributed by atoms with Gasteiger partial charge in [-0.05, 0) is 67.3 Å². The molecule has 0 saturated carbocycles. The molecular formula is C12H20BrNS. The molecule has 0 spiro atoms. The highest BCUT2D eigenvalue weighted by molar-refractivity contribution is 9.11. The molecule has 0 unspecified atom stereocenters. The van der Waals surface area contributed by atoms with Crippen LogP contribution < -0.4 is 5.32 Å². The number of hydrogen-bond donors (Lipinski definition) is 1. The fraction of sp³-hybridized carbons (Fsp3) is 0.667. The lowest BCUT2D eigenvalue weighted by Gasteiger charge is -2.01. The first-order chi connectivity index (χ1) is 7.24. The van der Waals surface area contributed by atoms with Gasteiger partial charge in [-0.15, -0.1) is 11.3 Å². The first-order valence-electron chi connectivity index (χ1n) is 5.63. The lowest BCUT2D eigenvalue weighted by molar-refractivity contribution is 0.616. The van der Waals surface area contributed by atoms with Crippen molar-refractivity contribution in [2.24, 2.45) is 0 Å². The molecule has 1 aromatic heterocycles. The van der Waals surface area contributed by atoms with Crippen LogP contribution in [0.25, 0.3) is 0 Å². The Bertz CT molecular complexity index is 283. The summed E-state index contributed by atoms with van der Waals surface area (Å²) in [5.41, 5.74) is 1.53. The normalized spacial score (nSPS) is 10.9. The van der Waals surface area contributed by atoms with Crippen LogP contribution in [-0.4, -0.2) is 13.6 Å². The second kappa shape index (κ2) is 7.42. The molecule has 86 valence electrons. The van der Waals surface area contributed by atoms with Crippen molar-refractivity contribution in [1.29, 1.82) is 0 Å². The summed E-state index contributed by atoms with van der Waals surface area (Å²) in [6, 6.07) is 2.27. The molecule has 0 atom stereocenters. The van der Waals surface area contributed by atoms with Crippen LogP contribution in [0.15, 0.2) is 9.85 Å². The summed E-state index contributed by atoms with van der Waals surface area (Å²) >= 11 is 5.38. The zero-order valence-corrected chi connectivity index (χ0v) is 12.0. The maximum Gasteiger partial charge on any atom is 0.0704 e. The van der Waals surface area contributed by atoms with Crippen LogP contribution in [0.5, 0.6) is 0 Å². The summed E-state index contributed by atoms with van der Waals surface area (Å²) in [6.45, 7) is 3.37. The summed E-state index contributed by atoms with van der Waals surface area (Å²) < 4.78 is 1.27. The number of aryl methyl sites for hydroxylation is 2. The smallest absolute Gasteiger partial charge is 0.0704 e. The SMILES string of the molecule is CNCCCCCCc1cc(Br)sc1C. The molecule has 1 aromatic rings. The van der Waals surface area contributed by atoms with Crippen molar-refractivity contribution in [2.75, 3.05) is 13.6 Å². The van der Waals surface area contributed by atoms with E-state index in [1.165, 1.54) is 46.3 Å². The van der Waals surface area contributed by atoms with E-state index in [1.54, 1.807) is 0 Å². The molecule has 0 aromatic carbocycles. The van der Waals surface area contributed by atoms with E-state index in [1.807, 2.05) is 18.4 Å². The van der Waals surface area contributed by atoms with Crippen LogP contribution >= 0.6 is 27.3 Å². The monoisotopic (exact) mass is 289 g/mol. The van der Waals surface area contributed by atoms with Gasteiger partial charge in [0.25, 0.3) is 0 Å². The minimum absolute atomic E-state index is 1.16. The third-order valence-corrected chi connectivity index (χ3v) is 4.21. The summed E-state index contributed by atoms with van der Waals surface area (Å²) in [6.07, 6.45) is 6.59. The summed E-state index contributed by atoms with van der Waals surface area (Å²) in [5.74, 6) is 0. The van der Waals surface area contributed by atoms with E-state index >= 15 is 0 Å². The lowest BCUT2D eigenvalue weighted by atomic mass is 10.1. The standard InChI is InChI=1S/C12H20BrNS/c1-10-11(9-12(13)15-10)7-5-3-4-6-8-14-2/h9,14H,3-8H2,1-2H3. The Morgan fingerprint density at radius 3 is 2.60 bits per heavy atom.